The van der Waals surface area contributed by atoms with Gasteiger partial charge in [-0.2, -0.15) is 5.10 Å². The summed E-state index contributed by atoms with van der Waals surface area (Å²) in [6.45, 7) is 10.1. The number of carbonyl (C=O) groups is 2. The number of amides is 2. The lowest BCUT2D eigenvalue weighted by Crippen LogP contribution is -2.44. The van der Waals surface area contributed by atoms with E-state index in [1.54, 1.807) is 38.7 Å². The van der Waals surface area contributed by atoms with Crippen LogP contribution >= 0.6 is 34.7 Å². The molecule has 9 heteroatoms. The van der Waals surface area contributed by atoms with Gasteiger partial charge in [-0.15, -0.1) is 23.1 Å². The maximum absolute atomic E-state index is 13.5. The topological polar surface area (TPSA) is 67.2 Å². The number of benzene rings is 1. The molecule has 0 bridgehead atoms. The number of thioether (sulfide) groups is 1. The zero-order valence-corrected chi connectivity index (χ0v) is 22.4. The quantitative estimate of drug-likeness (QED) is 0.480. The lowest BCUT2D eigenvalue weighted by Gasteiger charge is -2.24. The van der Waals surface area contributed by atoms with Crippen LogP contribution in [-0.2, 0) is 15.0 Å². The fourth-order valence-corrected chi connectivity index (χ4v) is 6.40. The van der Waals surface area contributed by atoms with Gasteiger partial charge in [0.25, 0.3) is 0 Å². The summed E-state index contributed by atoms with van der Waals surface area (Å²) < 4.78 is 1.79. The van der Waals surface area contributed by atoms with E-state index in [-0.39, 0.29) is 40.8 Å². The number of carbonyl (C=O) groups excluding carboxylic acids is 2. The van der Waals surface area contributed by atoms with Gasteiger partial charge < -0.3 is 5.32 Å². The molecule has 6 nitrogen and oxygen atoms in total. The Kier molecular flexibility index (Phi) is 7.12. The Morgan fingerprint density at radius 2 is 2.03 bits per heavy atom. The van der Waals surface area contributed by atoms with Crippen LogP contribution in [0.15, 0.2) is 41.8 Å². The summed E-state index contributed by atoms with van der Waals surface area (Å²) in [4.78, 5) is 29.1. The first kappa shape index (κ1) is 24.8. The molecule has 1 aliphatic heterocycles. The summed E-state index contributed by atoms with van der Waals surface area (Å²) in [5.74, 6) is 0.586. The summed E-state index contributed by atoms with van der Waals surface area (Å²) in [5, 5.41) is 10.5. The molecule has 0 unspecified atom stereocenters. The van der Waals surface area contributed by atoms with Crippen molar-refractivity contribution in [3.63, 3.8) is 0 Å². The number of halogens is 1. The monoisotopic (exact) mass is 516 g/mol. The van der Waals surface area contributed by atoms with E-state index < -0.39 is 0 Å². The Bertz CT molecular complexity index is 1200. The average molecular weight is 517 g/mol. The molecule has 1 aliphatic rings. The molecule has 1 N–H and O–H groups in total. The number of rotatable bonds is 5. The molecular formula is C25H29ClN4O2S2. The number of hydrogen-bond acceptors (Lipinski definition) is 5. The van der Waals surface area contributed by atoms with E-state index in [0.29, 0.717) is 10.8 Å². The third-order valence-electron chi connectivity index (χ3n) is 5.41. The Hall–Kier alpha value is -2.29. The highest BCUT2D eigenvalue weighted by atomic mass is 35.5. The van der Waals surface area contributed by atoms with E-state index in [2.05, 4.69) is 32.2 Å². The van der Waals surface area contributed by atoms with Crippen LogP contribution in [0.1, 0.15) is 56.0 Å². The molecule has 0 fully saturated rings. The summed E-state index contributed by atoms with van der Waals surface area (Å²) in [6.07, 6.45) is 0. The first-order chi connectivity index (χ1) is 16.1. The Labute approximate surface area is 213 Å². The molecule has 0 aliphatic carbocycles. The van der Waals surface area contributed by atoms with Gasteiger partial charge in [0.15, 0.2) is 0 Å². The van der Waals surface area contributed by atoms with Crippen molar-refractivity contribution >= 4 is 52.3 Å². The number of anilines is 1. The van der Waals surface area contributed by atoms with Crippen LogP contribution in [0.2, 0.25) is 5.02 Å². The van der Waals surface area contributed by atoms with Crippen molar-refractivity contribution in [2.45, 2.75) is 51.3 Å². The SMILES string of the molecule is CC(C)NC(=O)CN1C(=O)CS[C@@H](c2cccs2)c2c(C(C)(C)C)nn(-c3cccc(Cl)c3)c21. The Morgan fingerprint density at radius 3 is 2.65 bits per heavy atom. The molecule has 1 atom stereocenters. The zero-order chi connectivity index (χ0) is 24.6. The van der Waals surface area contributed by atoms with E-state index in [1.807, 2.05) is 43.5 Å². The van der Waals surface area contributed by atoms with Crippen molar-refractivity contribution in [2.75, 3.05) is 17.2 Å². The normalized spacial score (nSPS) is 16.5. The van der Waals surface area contributed by atoms with Gasteiger partial charge in [-0.1, -0.05) is 44.5 Å². The molecule has 180 valence electrons. The average Bonchev–Trinajstić information content (AvgIpc) is 3.38. The smallest absolute Gasteiger partial charge is 0.240 e. The van der Waals surface area contributed by atoms with Crippen molar-refractivity contribution < 1.29 is 9.59 Å². The minimum absolute atomic E-state index is 0.0229. The predicted octanol–water partition coefficient (Wildman–Crippen LogP) is 5.58. The lowest BCUT2D eigenvalue weighted by molar-refractivity contribution is -0.123. The summed E-state index contributed by atoms with van der Waals surface area (Å²) in [6, 6.07) is 11.5. The van der Waals surface area contributed by atoms with Crippen LogP contribution in [0.5, 0.6) is 0 Å². The molecule has 0 saturated carbocycles. The first-order valence-electron chi connectivity index (χ1n) is 11.2. The molecule has 0 saturated heterocycles. The summed E-state index contributed by atoms with van der Waals surface area (Å²) in [7, 11) is 0. The van der Waals surface area contributed by atoms with E-state index in [4.69, 9.17) is 16.7 Å². The lowest BCUT2D eigenvalue weighted by atomic mass is 9.88. The molecular weight excluding hydrogens is 488 g/mol. The molecule has 1 aromatic carbocycles. The second kappa shape index (κ2) is 9.76. The van der Waals surface area contributed by atoms with Gasteiger partial charge in [-0.05, 0) is 43.5 Å². The Balaban J connectivity index is 2.00. The van der Waals surface area contributed by atoms with Crippen LogP contribution in [0.25, 0.3) is 5.69 Å². The summed E-state index contributed by atoms with van der Waals surface area (Å²) >= 11 is 9.59. The highest BCUT2D eigenvalue weighted by Crippen LogP contribution is 2.49. The Morgan fingerprint density at radius 1 is 1.26 bits per heavy atom. The number of thiophene rings is 1. The van der Waals surface area contributed by atoms with Gasteiger partial charge in [0, 0.05) is 26.9 Å². The highest BCUT2D eigenvalue weighted by molar-refractivity contribution is 8.00. The molecule has 2 aromatic heterocycles. The standard InChI is InChI=1S/C25H29ClN4O2S2/c1-15(2)27-19(31)13-29-20(32)14-34-22(18-10-7-11-33-18)21-23(25(3,4)5)28-30(24(21)29)17-9-6-8-16(26)12-17/h6-12,15,22H,13-14H2,1-5H3,(H,27,31)/t22-/m0/s1. The van der Waals surface area contributed by atoms with Gasteiger partial charge in [0.2, 0.25) is 11.8 Å². The molecule has 2 amide bonds. The second-order valence-electron chi connectivity index (χ2n) is 9.64. The molecule has 34 heavy (non-hydrogen) atoms. The molecule has 3 heterocycles. The highest BCUT2D eigenvalue weighted by Gasteiger charge is 2.40. The largest absolute Gasteiger partial charge is 0.352 e. The molecule has 0 spiro atoms. The van der Waals surface area contributed by atoms with Crippen LogP contribution in [0.3, 0.4) is 0 Å². The predicted molar refractivity (Wildman–Crippen MR) is 142 cm³/mol. The number of fused-ring (bicyclic) bond motifs is 1. The third kappa shape index (κ3) is 5.04. The van der Waals surface area contributed by atoms with E-state index >= 15 is 0 Å². The van der Waals surface area contributed by atoms with Gasteiger partial charge in [-0.3, -0.25) is 14.5 Å². The van der Waals surface area contributed by atoms with Gasteiger partial charge in [0.1, 0.15) is 12.4 Å². The second-order valence-corrected chi connectivity index (χ2v) is 12.1. The molecule has 0 radical (unpaired) electrons. The van der Waals surface area contributed by atoms with Gasteiger partial charge >= 0.3 is 0 Å². The minimum atomic E-state index is -0.288. The van der Waals surface area contributed by atoms with Crippen LogP contribution in [-0.4, -0.2) is 39.9 Å². The summed E-state index contributed by atoms with van der Waals surface area (Å²) in [5.41, 5.74) is 2.34. The van der Waals surface area contributed by atoms with Crippen molar-refractivity contribution in [1.29, 1.82) is 0 Å². The molecule has 3 aromatic rings. The van der Waals surface area contributed by atoms with Crippen molar-refractivity contribution in [1.82, 2.24) is 15.1 Å². The zero-order valence-electron chi connectivity index (χ0n) is 20.0. The van der Waals surface area contributed by atoms with E-state index in [0.717, 1.165) is 21.8 Å². The number of aromatic nitrogens is 2. The number of nitrogens with zero attached hydrogens (tertiary/aromatic N) is 3. The fourth-order valence-electron chi connectivity index (χ4n) is 4.04. The van der Waals surface area contributed by atoms with Crippen molar-refractivity contribution in [2.24, 2.45) is 0 Å². The maximum atomic E-state index is 13.5. The van der Waals surface area contributed by atoms with Crippen molar-refractivity contribution in [3.05, 3.63) is 62.9 Å². The maximum Gasteiger partial charge on any atom is 0.240 e. The number of hydrogen-bond donors (Lipinski definition) is 1. The minimum Gasteiger partial charge on any atom is -0.352 e. The number of nitrogens with one attached hydrogen (secondary N) is 1. The first-order valence-corrected chi connectivity index (χ1v) is 13.5. The third-order valence-corrected chi connectivity index (χ3v) is 7.96. The van der Waals surface area contributed by atoms with Gasteiger partial charge in [0.05, 0.1) is 22.4 Å². The van der Waals surface area contributed by atoms with Gasteiger partial charge in [-0.25, -0.2) is 4.68 Å². The van der Waals surface area contributed by atoms with E-state index in [1.165, 1.54) is 0 Å². The fraction of sp³-hybridized carbons (Fsp3) is 0.400. The van der Waals surface area contributed by atoms with Crippen LogP contribution < -0.4 is 10.2 Å². The van der Waals surface area contributed by atoms with Crippen LogP contribution in [0, 0.1) is 0 Å². The van der Waals surface area contributed by atoms with Crippen molar-refractivity contribution in [3.8, 4) is 5.69 Å². The van der Waals surface area contributed by atoms with Crippen LogP contribution in [0.4, 0.5) is 5.82 Å². The van der Waals surface area contributed by atoms with E-state index in [9.17, 15) is 9.59 Å². The molecule has 4 rings (SSSR count).